The van der Waals surface area contributed by atoms with Crippen LogP contribution in [0.1, 0.15) is 32.3 Å². The lowest BCUT2D eigenvalue weighted by Gasteiger charge is -2.19. The van der Waals surface area contributed by atoms with Gasteiger partial charge < -0.3 is 14.2 Å². The van der Waals surface area contributed by atoms with E-state index in [1.54, 1.807) is 36.4 Å². The van der Waals surface area contributed by atoms with Gasteiger partial charge in [-0.3, -0.25) is 14.2 Å². The summed E-state index contributed by atoms with van der Waals surface area (Å²) in [6, 6.07) is 17.3. The Morgan fingerprint density at radius 3 is 2.03 bits per heavy atom. The molecule has 1 N–H and O–H groups in total. The highest BCUT2D eigenvalue weighted by molar-refractivity contribution is 7.88. The Kier molecular flexibility index (Phi) is 7.45. The van der Waals surface area contributed by atoms with Gasteiger partial charge in [0.2, 0.25) is 0 Å². The molecule has 202 valence electrons. The first-order valence-electron chi connectivity index (χ1n) is 11.1. The Morgan fingerprint density at radius 2 is 1.46 bits per heavy atom. The van der Waals surface area contributed by atoms with Crippen LogP contribution in [0.2, 0.25) is 0 Å². The molecule has 0 aliphatic rings. The van der Waals surface area contributed by atoms with Crippen LogP contribution in [0.25, 0.3) is 10.9 Å². The van der Waals surface area contributed by atoms with Gasteiger partial charge in [-0.25, -0.2) is 4.79 Å². The second-order valence-corrected chi connectivity index (χ2v) is 9.59. The number of ether oxygens (including phenoxy) is 1. The molecule has 1 heterocycles. The van der Waals surface area contributed by atoms with Crippen LogP contribution in [0.3, 0.4) is 0 Å². The van der Waals surface area contributed by atoms with Crippen molar-refractivity contribution >= 4 is 38.8 Å². The lowest BCUT2D eigenvalue weighted by atomic mass is 10.0. The van der Waals surface area contributed by atoms with Crippen molar-refractivity contribution in [2.45, 2.75) is 11.6 Å². The van der Waals surface area contributed by atoms with Crippen molar-refractivity contribution in [2.75, 3.05) is 7.11 Å². The minimum Gasteiger partial charge on any atom is -0.467 e. The van der Waals surface area contributed by atoms with E-state index >= 15 is 0 Å². The van der Waals surface area contributed by atoms with Crippen LogP contribution in [-0.2, 0) is 19.6 Å². The van der Waals surface area contributed by atoms with Crippen molar-refractivity contribution in [1.29, 1.82) is 0 Å². The summed E-state index contributed by atoms with van der Waals surface area (Å²) in [5.74, 6) is -3.14. The summed E-state index contributed by atoms with van der Waals surface area (Å²) in [5, 5.41) is 2.46. The number of nitrogens with zero attached hydrogens (tertiary/aromatic N) is 1. The molecule has 39 heavy (non-hydrogen) atoms. The molecule has 0 fully saturated rings. The van der Waals surface area contributed by atoms with Gasteiger partial charge >= 0.3 is 21.6 Å². The highest BCUT2D eigenvalue weighted by Crippen LogP contribution is 2.37. The number of carbonyl (C=O) groups excluding carboxylic acids is 3. The van der Waals surface area contributed by atoms with Gasteiger partial charge in [-0.2, -0.15) is 21.6 Å². The number of carbonyl (C=O) groups is 3. The number of rotatable bonds is 7. The number of esters is 1. The van der Waals surface area contributed by atoms with Gasteiger partial charge in [-0.05, 0) is 42.0 Å². The van der Waals surface area contributed by atoms with Crippen LogP contribution in [0, 0.1) is 0 Å². The number of aromatic nitrogens is 1. The maximum Gasteiger partial charge on any atom is 0.534 e. The van der Waals surface area contributed by atoms with Crippen molar-refractivity contribution in [2.24, 2.45) is 0 Å². The Hall–Kier alpha value is -4.65. The number of hydrogen-bond acceptors (Lipinski definition) is 7. The molecule has 0 saturated heterocycles. The molecule has 0 aliphatic heterocycles. The second-order valence-electron chi connectivity index (χ2n) is 8.05. The maximum atomic E-state index is 13.2. The van der Waals surface area contributed by atoms with Crippen molar-refractivity contribution in [3.63, 3.8) is 0 Å². The SMILES string of the molecule is COC(=O)C(NC(=O)c1ccccc1)c1ccc(OS(=O)(=O)C(F)(F)F)c2c1ccn2C(=O)c1ccccc1. The van der Waals surface area contributed by atoms with Crippen molar-refractivity contribution < 1.29 is 44.9 Å². The summed E-state index contributed by atoms with van der Waals surface area (Å²) >= 11 is 0. The van der Waals surface area contributed by atoms with Gasteiger partial charge in [0.25, 0.3) is 11.8 Å². The van der Waals surface area contributed by atoms with E-state index in [1.807, 2.05) is 0 Å². The Bertz CT molecular complexity index is 1650. The monoisotopic (exact) mass is 560 g/mol. The Labute approximate surface area is 219 Å². The van der Waals surface area contributed by atoms with Crippen molar-refractivity contribution in [1.82, 2.24) is 9.88 Å². The summed E-state index contributed by atoms with van der Waals surface area (Å²) < 4.78 is 73.2. The molecule has 4 rings (SSSR count). The minimum atomic E-state index is -6.12. The maximum absolute atomic E-state index is 13.2. The molecule has 0 spiro atoms. The van der Waals surface area contributed by atoms with Crippen LogP contribution >= 0.6 is 0 Å². The predicted octanol–water partition coefficient (Wildman–Crippen LogP) is 4.20. The zero-order chi connectivity index (χ0) is 28.4. The summed E-state index contributed by atoms with van der Waals surface area (Å²) in [4.78, 5) is 38.8. The van der Waals surface area contributed by atoms with Gasteiger partial charge in [-0.1, -0.05) is 42.5 Å². The zero-order valence-electron chi connectivity index (χ0n) is 20.0. The minimum absolute atomic E-state index is 0.0116. The molecule has 4 aromatic rings. The smallest absolute Gasteiger partial charge is 0.467 e. The predicted molar refractivity (Wildman–Crippen MR) is 132 cm³/mol. The Balaban J connectivity index is 1.90. The molecule has 9 nitrogen and oxygen atoms in total. The van der Waals surface area contributed by atoms with E-state index in [9.17, 15) is 36.0 Å². The average molecular weight is 561 g/mol. The number of methoxy groups -OCH3 is 1. The van der Waals surface area contributed by atoms with Gasteiger partial charge in [0, 0.05) is 22.7 Å². The van der Waals surface area contributed by atoms with Gasteiger partial charge in [0.05, 0.1) is 7.11 Å². The third-order valence-corrected chi connectivity index (χ3v) is 6.59. The molecule has 1 aromatic heterocycles. The largest absolute Gasteiger partial charge is 0.534 e. The first kappa shape index (κ1) is 27.4. The molecule has 0 radical (unpaired) electrons. The average Bonchev–Trinajstić information content (AvgIpc) is 3.37. The fraction of sp³-hybridized carbons (Fsp3) is 0.115. The molecule has 3 aromatic carbocycles. The third kappa shape index (κ3) is 5.48. The number of halogens is 3. The quantitative estimate of drug-likeness (QED) is 0.204. The summed E-state index contributed by atoms with van der Waals surface area (Å²) in [6.45, 7) is 0. The second kappa shape index (κ2) is 10.6. The molecule has 0 aliphatic carbocycles. The molecule has 0 bridgehead atoms. The standard InChI is InChI=1S/C26H19F3N2O7S/c1-37-25(34)21(30-23(32)16-8-4-2-5-9-16)18-12-13-20(38-39(35,36)26(27,28)29)22-19(18)14-15-31(22)24(33)17-10-6-3-7-11-17/h2-15,21H,1H3,(H,30,32). The van der Waals surface area contributed by atoms with Crippen LogP contribution in [-0.4, -0.2) is 43.4 Å². The van der Waals surface area contributed by atoms with E-state index < -0.39 is 45.2 Å². The highest BCUT2D eigenvalue weighted by atomic mass is 32.2. The van der Waals surface area contributed by atoms with Gasteiger partial charge in [0.15, 0.2) is 11.8 Å². The fourth-order valence-corrected chi connectivity index (χ4v) is 4.28. The lowest BCUT2D eigenvalue weighted by Crippen LogP contribution is -2.34. The summed E-state index contributed by atoms with van der Waals surface area (Å²) in [5.41, 5.74) is -5.78. The topological polar surface area (TPSA) is 121 Å². The van der Waals surface area contributed by atoms with Crippen LogP contribution in [0.4, 0.5) is 13.2 Å². The van der Waals surface area contributed by atoms with E-state index in [2.05, 4.69) is 9.50 Å². The number of hydrogen-bond donors (Lipinski definition) is 1. The Morgan fingerprint density at radius 1 is 0.872 bits per heavy atom. The van der Waals surface area contributed by atoms with E-state index in [-0.39, 0.29) is 27.6 Å². The molecule has 13 heteroatoms. The number of benzene rings is 3. The fourth-order valence-electron chi connectivity index (χ4n) is 3.81. The van der Waals surface area contributed by atoms with E-state index in [0.29, 0.717) is 0 Å². The molecular weight excluding hydrogens is 541 g/mol. The van der Waals surface area contributed by atoms with Gasteiger partial charge in [-0.15, -0.1) is 0 Å². The highest BCUT2D eigenvalue weighted by Gasteiger charge is 2.49. The van der Waals surface area contributed by atoms with E-state index in [1.165, 1.54) is 36.5 Å². The van der Waals surface area contributed by atoms with Crippen LogP contribution < -0.4 is 9.50 Å². The number of amides is 1. The molecular formula is C26H19F3N2O7S. The van der Waals surface area contributed by atoms with Crippen molar-refractivity contribution in [3.05, 3.63) is 102 Å². The number of fused-ring (bicyclic) bond motifs is 1. The first-order chi connectivity index (χ1) is 18.4. The van der Waals surface area contributed by atoms with E-state index in [0.717, 1.165) is 23.8 Å². The van der Waals surface area contributed by atoms with Gasteiger partial charge in [0.1, 0.15) is 5.52 Å². The van der Waals surface area contributed by atoms with Crippen molar-refractivity contribution in [3.8, 4) is 5.75 Å². The molecule has 1 unspecified atom stereocenters. The zero-order valence-corrected chi connectivity index (χ0v) is 20.8. The molecule has 1 amide bonds. The normalized spacial score (nSPS) is 12.5. The number of nitrogens with one attached hydrogen (secondary N) is 1. The first-order valence-corrected chi connectivity index (χ1v) is 12.5. The third-order valence-electron chi connectivity index (χ3n) is 5.63. The molecule has 1 atom stereocenters. The number of alkyl halides is 3. The lowest BCUT2D eigenvalue weighted by molar-refractivity contribution is -0.143. The van der Waals surface area contributed by atoms with Crippen LogP contribution in [0.15, 0.2) is 85.1 Å². The molecule has 0 saturated carbocycles. The summed E-state index contributed by atoms with van der Waals surface area (Å²) in [7, 11) is -5.05. The van der Waals surface area contributed by atoms with E-state index in [4.69, 9.17) is 4.74 Å². The summed E-state index contributed by atoms with van der Waals surface area (Å²) in [6.07, 6.45) is 1.18. The van der Waals surface area contributed by atoms with Crippen LogP contribution in [0.5, 0.6) is 5.75 Å².